The minimum absolute atomic E-state index is 0. The van der Waals surface area contributed by atoms with Gasteiger partial charge >= 0.3 is 0 Å². The van der Waals surface area contributed by atoms with Crippen LogP contribution in [0.2, 0.25) is 0 Å². The van der Waals surface area contributed by atoms with Crippen LogP contribution in [0.15, 0.2) is 0 Å². The summed E-state index contributed by atoms with van der Waals surface area (Å²) in [5, 5.41) is 2.99. The third-order valence-corrected chi connectivity index (χ3v) is 0.631. The van der Waals surface area contributed by atoms with E-state index in [0.717, 1.165) is 19.5 Å². The van der Waals surface area contributed by atoms with Gasteiger partial charge in [0, 0.05) is 0 Å². The fourth-order valence-corrected chi connectivity index (χ4v) is 0.279. The van der Waals surface area contributed by atoms with E-state index >= 15 is 0 Å². The third-order valence-electron chi connectivity index (χ3n) is 0.631. The maximum atomic E-state index is 5.17. The van der Waals surface area contributed by atoms with Gasteiger partial charge in [0.2, 0.25) is 0 Å². The summed E-state index contributed by atoms with van der Waals surface area (Å²) in [6.45, 7) is 1.83. The first-order chi connectivity index (χ1) is 2.91. The average molecular weight is 105 g/mol. The fourth-order valence-electron chi connectivity index (χ4n) is 0.279. The van der Waals surface area contributed by atoms with Gasteiger partial charge in [0.1, 0.15) is 0 Å². The number of nitrogens with one attached hydrogen (secondary N) is 1. The molecule has 0 saturated carbocycles. The van der Waals surface area contributed by atoms with Crippen molar-refractivity contribution in [3.05, 3.63) is 0 Å². The van der Waals surface area contributed by atoms with Gasteiger partial charge in [-0.1, -0.05) is 0 Å². The highest BCUT2D eigenvalue weighted by Gasteiger charge is 1.73. The van der Waals surface area contributed by atoms with Gasteiger partial charge in [-0.2, -0.15) is 0 Å². The van der Waals surface area contributed by atoms with Gasteiger partial charge in [-0.25, -0.2) is 0 Å². The van der Waals surface area contributed by atoms with E-state index in [1.807, 2.05) is 7.05 Å². The molecule has 0 aromatic rings. The zero-order valence-corrected chi connectivity index (χ0v) is 4.91. The lowest BCUT2D eigenvalue weighted by atomic mass is 10.4. The van der Waals surface area contributed by atoms with Crippen LogP contribution in [0.5, 0.6) is 0 Å². The smallest absolute Gasteiger partial charge is 0.00399 e. The Morgan fingerprint density at radius 3 is 2.29 bits per heavy atom. The Bertz CT molecular complexity index is 18.9. The van der Waals surface area contributed by atoms with E-state index in [4.69, 9.17) is 5.73 Å². The van der Waals surface area contributed by atoms with Crippen molar-refractivity contribution in [2.45, 2.75) is 6.42 Å². The molecule has 0 aliphatic rings. The molecule has 0 saturated heterocycles. The van der Waals surface area contributed by atoms with Crippen molar-refractivity contribution in [3.8, 4) is 0 Å². The molecule has 3 nitrogen and oxygen atoms in total. The summed E-state index contributed by atoms with van der Waals surface area (Å²) < 4.78 is 0. The van der Waals surface area contributed by atoms with Gasteiger partial charge in [-0.05, 0) is 26.6 Å². The van der Waals surface area contributed by atoms with E-state index in [2.05, 4.69) is 5.32 Å². The highest BCUT2D eigenvalue weighted by atomic mass is 14.8. The zero-order chi connectivity index (χ0) is 4.83. The predicted octanol–water partition coefficient (Wildman–Crippen LogP) is -0.283. The maximum Gasteiger partial charge on any atom is -0.00399 e. The summed E-state index contributed by atoms with van der Waals surface area (Å²) in [5.41, 5.74) is 5.17. The van der Waals surface area contributed by atoms with Crippen LogP contribution in [0, 0.1) is 0 Å². The van der Waals surface area contributed by atoms with Crippen molar-refractivity contribution in [3.63, 3.8) is 0 Å². The number of hydrogen-bond donors (Lipinski definition) is 3. The molecule has 0 spiro atoms. The Labute approximate surface area is 44.9 Å². The monoisotopic (exact) mass is 105 g/mol. The molecular formula is C4H15N3. The molecule has 0 heterocycles. The summed E-state index contributed by atoms with van der Waals surface area (Å²) in [6.07, 6.45) is 1.08. The maximum absolute atomic E-state index is 5.17. The minimum Gasteiger partial charge on any atom is -0.344 e. The second-order valence-electron chi connectivity index (χ2n) is 1.25. The van der Waals surface area contributed by atoms with Crippen molar-refractivity contribution >= 4 is 0 Å². The molecule has 0 amide bonds. The standard InChI is InChI=1S/C4H12N2.H3N/c1-6-4-2-3-5;/h6H,2-5H2,1H3;1H3. The second-order valence-corrected chi connectivity index (χ2v) is 1.25. The summed E-state index contributed by atoms with van der Waals surface area (Å²) in [5.74, 6) is 0. The lowest BCUT2D eigenvalue weighted by molar-refractivity contribution is 0.733. The van der Waals surface area contributed by atoms with Gasteiger partial charge < -0.3 is 17.2 Å². The van der Waals surface area contributed by atoms with Gasteiger partial charge in [0.15, 0.2) is 0 Å². The molecule has 0 unspecified atom stereocenters. The van der Waals surface area contributed by atoms with Crippen molar-refractivity contribution in [2.75, 3.05) is 20.1 Å². The van der Waals surface area contributed by atoms with Crippen LogP contribution in [-0.2, 0) is 0 Å². The van der Waals surface area contributed by atoms with Crippen molar-refractivity contribution in [1.29, 1.82) is 0 Å². The van der Waals surface area contributed by atoms with E-state index < -0.39 is 0 Å². The number of rotatable bonds is 3. The Kier molecular flexibility index (Phi) is 13.3. The average Bonchev–Trinajstić information content (AvgIpc) is 1.61. The molecular weight excluding hydrogens is 90.1 g/mol. The molecule has 0 aromatic heterocycles. The first-order valence-electron chi connectivity index (χ1n) is 2.26. The first-order valence-corrected chi connectivity index (χ1v) is 2.26. The SMILES string of the molecule is CNCCCN.N. The molecule has 6 N–H and O–H groups in total. The minimum atomic E-state index is 0. The fraction of sp³-hybridized carbons (Fsp3) is 1.00. The van der Waals surface area contributed by atoms with Gasteiger partial charge in [0.25, 0.3) is 0 Å². The van der Waals surface area contributed by atoms with Crippen molar-refractivity contribution in [1.82, 2.24) is 11.5 Å². The van der Waals surface area contributed by atoms with Gasteiger partial charge in [-0.3, -0.25) is 0 Å². The highest BCUT2D eigenvalue weighted by molar-refractivity contribution is 4.38. The molecule has 0 fully saturated rings. The molecule has 3 heteroatoms. The van der Waals surface area contributed by atoms with Crippen LogP contribution >= 0.6 is 0 Å². The van der Waals surface area contributed by atoms with E-state index in [1.165, 1.54) is 0 Å². The van der Waals surface area contributed by atoms with Crippen LogP contribution in [0.3, 0.4) is 0 Å². The molecule has 0 aromatic carbocycles. The van der Waals surface area contributed by atoms with Crippen molar-refractivity contribution < 1.29 is 0 Å². The van der Waals surface area contributed by atoms with E-state index in [-0.39, 0.29) is 6.15 Å². The Balaban J connectivity index is 0. The molecule has 0 rings (SSSR count). The Morgan fingerprint density at radius 2 is 2.14 bits per heavy atom. The summed E-state index contributed by atoms with van der Waals surface area (Å²) in [6, 6.07) is 0. The molecule has 46 valence electrons. The van der Waals surface area contributed by atoms with Crippen LogP contribution in [-0.4, -0.2) is 20.1 Å². The third kappa shape index (κ3) is 10.7. The molecule has 7 heavy (non-hydrogen) atoms. The molecule has 0 atom stereocenters. The molecule has 0 bridgehead atoms. The van der Waals surface area contributed by atoms with Crippen LogP contribution in [0.4, 0.5) is 0 Å². The Morgan fingerprint density at radius 1 is 1.57 bits per heavy atom. The first kappa shape index (κ1) is 9.99. The van der Waals surface area contributed by atoms with Crippen LogP contribution in [0.1, 0.15) is 6.42 Å². The molecule has 0 radical (unpaired) electrons. The van der Waals surface area contributed by atoms with E-state index in [9.17, 15) is 0 Å². The lowest BCUT2D eigenvalue weighted by Gasteiger charge is -1.90. The number of hydrogen-bond acceptors (Lipinski definition) is 3. The largest absolute Gasteiger partial charge is 0.344 e. The van der Waals surface area contributed by atoms with Gasteiger partial charge in [0.05, 0.1) is 0 Å². The number of nitrogens with two attached hydrogens (primary N) is 1. The lowest BCUT2D eigenvalue weighted by Crippen LogP contribution is -2.12. The summed E-state index contributed by atoms with van der Waals surface area (Å²) >= 11 is 0. The zero-order valence-electron chi connectivity index (χ0n) is 4.91. The second kappa shape index (κ2) is 9.30. The Hall–Kier alpha value is -0.120. The predicted molar refractivity (Wildman–Crippen MR) is 32.6 cm³/mol. The summed E-state index contributed by atoms with van der Waals surface area (Å²) in [4.78, 5) is 0. The van der Waals surface area contributed by atoms with E-state index in [0.29, 0.717) is 0 Å². The topological polar surface area (TPSA) is 73.0 Å². The van der Waals surface area contributed by atoms with Crippen LogP contribution < -0.4 is 17.2 Å². The molecule has 0 aliphatic heterocycles. The molecule has 0 aliphatic carbocycles. The van der Waals surface area contributed by atoms with Gasteiger partial charge in [-0.15, -0.1) is 0 Å². The quantitative estimate of drug-likeness (QED) is 0.432. The highest BCUT2D eigenvalue weighted by Crippen LogP contribution is 1.63. The van der Waals surface area contributed by atoms with Crippen LogP contribution in [0.25, 0.3) is 0 Å². The van der Waals surface area contributed by atoms with Crippen molar-refractivity contribution in [2.24, 2.45) is 5.73 Å². The summed E-state index contributed by atoms with van der Waals surface area (Å²) in [7, 11) is 1.93. The normalized spacial score (nSPS) is 7.71. The van der Waals surface area contributed by atoms with E-state index in [1.54, 1.807) is 0 Å².